The predicted octanol–water partition coefficient (Wildman–Crippen LogP) is 5.48. The van der Waals surface area contributed by atoms with Gasteiger partial charge in [0.1, 0.15) is 11.4 Å². The molecule has 2 aromatic rings. The van der Waals surface area contributed by atoms with E-state index >= 15 is 0 Å². The van der Waals surface area contributed by atoms with Crippen LogP contribution in [0.1, 0.15) is 46.1 Å². The Morgan fingerprint density at radius 2 is 1.69 bits per heavy atom. The molecule has 0 fully saturated rings. The molecule has 9 heteroatoms. The van der Waals surface area contributed by atoms with Crippen LogP contribution < -0.4 is 21.1 Å². The van der Waals surface area contributed by atoms with Crippen LogP contribution >= 0.6 is 0 Å². The van der Waals surface area contributed by atoms with Crippen molar-refractivity contribution in [3.63, 3.8) is 0 Å². The number of ether oxygens (including phenoxy) is 2. The Bertz CT molecular complexity index is 945. The first-order valence-electron chi connectivity index (χ1n) is 10.3. The van der Waals surface area contributed by atoms with Gasteiger partial charge in [-0.2, -0.15) is 0 Å². The minimum atomic E-state index is -0.863. The molecule has 0 spiro atoms. The van der Waals surface area contributed by atoms with Crippen molar-refractivity contribution >= 4 is 17.8 Å². The summed E-state index contributed by atoms with van der Waals surface area (Å²) in [5.41, 5.74) is 4.81. The van der Waals surface area contributed by atoms with E-state index in [4.69, 9.17) is 15.2 Å². The van der Waals surface area contributed by atoms with Crippen LogP contribution in [0.4, 0.5) is 24.1 Å². The molecule has 0 aliphatic heterocycles. The third-order valence-electron chi connectivity index (χ3n) is 4.75. The number of rotatable bonds is 9. The van der Waals surface area contributed by atoms with Crippen LogP contribution in [0, 0.1) is 11.6 Å². The van der Waals surface area contributed by atoms with Crippen molar-refractivity contribution in [3.8, 4) is 11.5 Å². The van der Waals surface area contributed by atoms with Gasteiger partial charge < -0.3 is 25.8 Å². The Balaban J connectivity index is 2.06. The lowest BCUT2D eigenvalue weighted by Crippen LogP contribution is -2.37. The van der Waals surface area contributed by atoms with Crippen molar-refractivity contribution in [1.29, 1.82) is 0 Å². The highest BCUT2D eigenvalue weighted by molar-refractivity contribution is 5.89. The van der Waals surface area contributed by atoms with Gasteiger partial charge >= 0.3 is 12.1 Å². The van der Waals surface area contributed by atoms with E-state index in [9.17, 15) is 18.4 Å². The molecule has 0 saturated heterocycles. The third-order valence-corrected chi connectivity index (χ3v) is 4.75. The van der Waals surface area contributed by atoms with E-state index in [0.29, 0.717) is 6.42 Å². The van der Waals surface area contributed by atoms with E-state index in [1.165, 1.54) is 0 Å². The van der Waals surface area contributed by atoms with Crippen molar-refractivity contribution < 1.29 is 27.8 Å². The number of hydrogen-bond acceptors (Lipinski definition) is 4. The van der Waals surface area contributed by atoms with Crippen LogP contribution in [-0.2, 0) is 11.2 Å². The molecule has 0 saturated carbocycles. The minimum absolute atomic E-state index is 0.0542. The van der Waals surface area contributed by atoms with Gasteiger partial charge in [0, 0.05) is 24.6 Å². The molecule has 32 heavy (non-hydrogen) atoms. The van der Waals surface area contributed by atoms with Gasteiger partial charge in [0.2, 0.25) is 0 Å². The molecule has 4 N–H and O–H groups in total. The Kier molecular flexibility index (Phi) is 8.40. The second-order valence-corrected chi connectivity index (χ2v) is 7.98. The highest BCUT2D eigenvalue weighted by Gasteiger charge is 2.22. The number of halogens is 2. The summed E-state index contributed by atoms with van der Waals surface area (Å²) < 4.78 is 39.4. The first kappa shape index (κ1) is 24.9. The number of carbonyl (C=O) groups is 2. The fraction of sp³-hybridized carbons (Fsp3) is 0.391. The molecule has 0 aliphatic carbocycles. The molecule has 2 aromatic carbocycles. The lowest BCUT2D eigenvalue weighted by atomic mass is 9.98. The molecule has 0 radical (unpaired) electrons. The normalized spacial score (nSPS) is 11.2. The van der Waals surface area contributed by atoms with Crippen LogP contribution in [0.25, 0.3) is 0 Å². The lowest BCUT2D eigenvalue weighted by Gasteiger charge is -2.24. The predicted molar refractivity (Wildman–Crippen MR) is 118 cm³/mol. The molecule has 0 aromatic heterocycles. The Morgan fingerprint density at radius 3 is 2.25 bits per heavy atom. The Morgan fingerprint density at radius 1 is 1.06 bits per heavy atom. The van der Waals surface area contributed by atoms with Crippen molar-refractivity contribution in [2.45, 2.75) is 58.6 Å². The number of nitrogens with two attached hydrogens (primary N) is 1. The van der Waals surface area contributed by atoms with Gasteiger partial charge in [-0.25, -0.2) is 18.4 Å². The van der Waals surface area contributed by atoms with Gasteiger partial charge in [0.25, 0.3) is 0 Å². The van der Waals surface area contributed by atoms with E-state index in [-0.39, 0.29) is 23.2 Å². The van der Waals surface area contributed by atoms with Crippen LogP contribution in [0.15, 0.2) is 36.4 Å². The molecule has 3 amide bonds. The quantitative estimate of drug-likeness (QED) is 0.471. The van der Waals surface area contributed by atoms with Crippen LogP contribution in [0.2, 0.25) is 0 Å². The number of primary amides is 1. The summed E-state index contributed by atoms with van der Waals surface area (Å²) in [6.45, 7) is 7.29. The van der Waals surface area contributed by atoms with E-state index in [1.807, 2.05) is 13.8 Å². The number of carbonyl (C=O) groups excluding carboxylic acids is 2. The summed E-state index contributed by atoms with van der Waals surface area (Å²) in [6, 6.07) is 7.69. The number of hydrogen-bond donors (Lipinski definition) is 3. The van der Waals surface area contributed by atoms with Gasteiger partial charge in [-0.15, -0.1) is 0 Å². The first-order valence-corrected chi connectivity index (χ1v) is 10.3. The lowest BCUT2D eigenvalue weighted by molar-refractivity contribution is 0.0460. The Hall–Kier alpha value is -3.36. The highest BCUT2D eigenvalue weighted by Crippen LogP contribution is 2.30. The van der Waals surface area contributed by atoms with Crippen molar-refractivity contribution in [2.75, 3.05) is 5.32 Å². The number of anilines is 1. The summed E-state index contributed by atoms with van der Waals surface area (Å²) in [5.74, 6) is -1.70. The summed E-state index contributed by atoms with van der Waals surface area (Å²) in [5, 5.41) is 5.01. The zero-order valence-corrected chi connectivity index (χ0v) is 18.6. The zero-order chi connectivity index (χ0) is 23.9. The van der Waals surface area contributed by atoms with E-state index < -0.39 is 29.4 Å². The molecule has 0 atom stereocenters. The van der Waals surface area contributed by atoms with E-state index in [0.717, 1.165) is 30.5 Å². The molecular weight excluding hydrogens is 420 g/mol. The second kappa shape index (κ2) is 10.8. The summed E-state index contributed by atoms with van der Waals surface area (Å²) in [4.78, 5) is 23.0. The maximum Gasteiger partial charge on any atom is 0.405 e. The third kappa shape index (κ3) is 7.40. The standard InChI is InChI=1S/C23H29F2N3O4/c1-5-15(6-2)27-22(30)28-19-11-18(25)20(12-17(19)24)31-16-9-7-14(8-10-16)13-23(3,4)32-21(26)29/h7-12,15H,5-6,13H2,1-4H3,(H2,26,29)(H2,27,28,30). The van der Waals surface area contributed by atoms with Crippen LogP contribution in [0.5, 0.6) is 11.5 Å². The van der Waals surface area contributed by atoms with Gasteiger partial charge in [-0.05, 0) is 44.4 Å². The number of nitrogens with one attached hydrogen (secondary N) is 2. The fourth-order valence-corrected chi connectivity index (χ4v) is 3.14. The second-order valence-electron chi connectivity index (χ2n) is 7.98. The fourth-order valence-electron chi connectivity index (χ4n) is 3.14. The molecule has 7 nitrogen and oxygen atoms in total. The average molecular weight is 449 g/mol. The van der Waals surface area contributed by atoms with E-state index in [1.54, 1.807) is 38.1 Å². The largest absolute Gasteiger partial charge is 0.454 e. The molecule has 0 unspecified atom stereocenters. The smallest absolute Gasteiger partial charge is 0.405 e. The first-order chi connectivity index (χ1) is 15.0. The van der Waals surface area contributed by atoms with Gasteiger partial charge in [0.05, 0.1) is 5.69 Å². The highest BCUT2D eigenvalue weighted by atomic mass is 19.1. The molecule has 2 rings (SSSR count). The summed E-state index contributed by atoms with van der Waals surface area (Å²) in [7, 11) is 0. The number of benzene rings is 2. The van der Waals surface area contributed by atoms with E-state index in [2.05, 4.69) is 10.6 Å². The van der Waals surface area contributed by atoms with Crippen LogP contribution in [-0.4, -0.2) is 23.8 Å². The SMILES string of the molecule is CCC(CC)NC(=O)Nc1cc(F)c(Oc2ccc(CC(C)(C)OC(N)=O)cc2)cc1F. The van der Waals surface area contributed by atoms with Crippen molar-refractivity contribution in [2.24, 2.45) is 5.73 Å². The van der Waals surface area contributed by atoms with Crippen molar-refractivity contribution in [1.82, 2.24) is 5.32 Å². The molecule has 0 heterocycles. The van der Waals surface area contributed by atoms with Gasteiger partial charge in [0.15, 0.2) is 17.4 Å². The summed E-state index contributed by atoms with van der Waals surface area (Å²) >= 11 is 0. The maximum atomic E-state index is 14.5. The average Bonchev–Trinajstić information content (AvgIpc) is 2.70. The maximum absolute atomic E-state index is 14.5. The minimum Gasteiger partial charge on any atom is -0.454 e. The number of urea groups is 1. The van der Waals surface area contributed by atoms with Gasteiger partial charge in [-0.3, -0.25) is 0 Å². The molecule has 0 aliphatic rings. The summed E-state index contributed by atoms with van der Waals surface area (Å²) in [6.07, 6.45) is 0.987. The Labute approximate surface area is 186 Å². The topological polar surface area (TPSA) is 103 Å². The molecule has 0 bridgehead atoms. The monoisotopic (exact) mass is 449 g/mol. The van der Waals surface area contributed by atoms with Gasteiger partial charge in [-0.1, -0.05) is 26.0 Å². The van der Waals surface area contributed by atoms with Crippen LogP contribution in [0.3, 0.4) is 0 Å². The molecule has 174 valence electrons. The molecular formula is C23H29F2N3O4. The zero-order valence-electron chi connectivity index (χ0n) is 18.6. The number of amides is 3. The van der Waals surface area contributed by atoms with Crippen molar-refractivity contribution in [3.05, 3.63) is 53.6 Å².